The van der Waals surface area contributed by atoms with Gasteiger partial charge in [-0.2, -0.15) is 0 Å². The third-order valence-corrected chi connectivity index (χ3v) is 5.15. The molecule has 1 saturated heterocycles. The van der Waals surface area contributed by atoms with Gasteiger partial charge in [-0.15, -0.1) is 0 Å². The van der Waals surface area contributed by atoms with Crippen molar-refractivity contribution in [1.82, 2.24) is 19.8 Å². The van der Waals surface area contributed by atoms with Crippen molar-refractivity contribution in [3.05, 3.63) is 59.7 Å². The van der Waals surface area contributed by atoms with Crippen molar-refractivity contribution in [2.24, 2.45) is 0 Å². The molecular weight excluding hydrogens is 401 g/mol. The summed E-state index contributed by atoms with van der Waals surface area (Å²) in [5, 5.41) is 2.81. The van der Waals surface area contributed by atoms with Crippen LogP contribution >= 0.6 is 0 Å². The van der Waals surface area contributed by atoms with Crippen molar-refractivity contribution in [2.45, 2.75) is 19.3 Å². The quantitative estimate of drug-likeness (QED) is 0.571. The van der Waals surface area contributed by atoms with Gasteiger partial charge in [0, 0.05) is 32.1 Å². The SMILES string of the molecule is CN1CC(=O)N(CCCC(=O)Nc2ccc3nc(Cc4ccccc4F)[nH]c3c2)C1=O. The topological polar surface area (TPSA) is 98.4 Å². The van der Waals surface area contributed by atoms with Gasteiger partial charge < -0.3 is 15.2 Å². The summed E-state index contributed by atoms with van der Waals surface area (Å²) in [6, 6.07) is 11.5. The molecule has 9 heteroatoms. The average molecular weight is 423 g/mol. The van der Waals surface area contributed by atoms with Crippen molar-refractivity contribution >= 4 is 34.6 Å². The Morgan fingerprint density at radius 1 is 1.23 bits per heavy atom. The van der Waals surface area contributed by atoms with E-state index in [1.807, 2.05) is 0 Å². The van der Waals surface area contributed by atoms with Gasteiger partial charge in [0.25, 0.3) is 0 Å². The summed E-state index contributed by atoms with van der Waals surface area (Å²) < 4.78 is 13.9. The van der Waals surface area contributed by atoms with Crippen LogP contribution in [0.25, 0.3) is 11.0 Å². The second-order valence-corrected chi connectivity index (χ2v) is 7.52. The molecule has 8 nitrogen and oxygen atoms in total. The number of amides is 4. The summed E-state index contributed by atoms with van der Waals surface area (Å²) in [5.74, 6) is -0.102. The van der Waals surface area contributed by atoms with Gasteiger partial charge in [0.15, 0.2) is 0 Å². The van der Waals surface area contributed by atoms with E-state index in [0.717, 1.165) is 11.0 Å². The summed E-state index contributed by atoms with van der Waals surface area (Å²) in [7, 11) is 1.57. The van der Waals surface area contributed by atoms with E-state index in [9.17, 15) is 18.8 Å². The minimum absolute atomic E-state index is 0.0775. The first kappa shape index (κ1) is 20.5. The summed E-state index contributed by atoms with van der Waals surface area (Å²) in [4.78, 5) is 46.0. The maximum atomic E-state index is 13.9. The van der Waals surface area contributed by atoms with Crippen LogP contribution in [0.1, 0.15) is 24.2 Å². The fraction of sp³-hybridized carbons (Fsp3) is 0.273. The number of imidazole rings is 1. The summed E-state index contributed by atoms with van der Waals surface area (Å²) in [5.41, 5.74) is 2.61. The number of halogens is 1. The smallest absolute Gasteiger partial charge is 0.326 e. The summed E-state index contributed by atoms with van der Waals surface area (Å²) in [6.07, 6.45) is 0.905. The highest BCUT2D eigenvalue weighted by atomic mass is 19.1. The van der Waals surface area contributed by atoms with Gasteiger partial charge in [-0.1, -0.05) is 18.2 Å². The lowest BCUT2D eigenvalue weighted by Crippen LogP contribution is -2.32. The van der Waals surface area contributed by atoms with E-state index in [4.69, 9.17) is 0 Å². The highest BCUT2D eigenvalue weighted by molar-refractivity contribution is 6.01. The molecule has 0 radical (unpaired) electrons. The molecule has 4 amide bonds. The number of likely N-dealkylation sites (N-methyl/N-ethyl adjacent to an activating group) is 1. The van der Waals surface area contributed by atoms with Gasteiger partial charge in [0.2, 0.25) is 11.8 Å². The average Bonchev–Trinajstić information content (AvgIpc) is 3.24. The molecule has 1 aliphatic rings. The second-order valence-electron chi connectivity index (χ2n) is 7.52. The molecule has 0 unspecified atom stereocenters. The highest BCUT2D eigenvalue weighted by Gasteiger charge is 2.32. The van der Waals surface area contributed by atoms with E-state index in [1.165, 1.54) is 15.9 Å². The number of urea groups is 1. The number of anilines is 1. The minimum Gasteiger partial charge on any atom is -0.342 e. The molecule has 0 saturated carbocycles. The first-order chi connectivity index (χ1) is 14.9. The number of nitrogens with zero attached hydrogens (tertiary/aromatic N) is 3. The van der Waals surface area contributed by atoms with E-state index in [0.29, 0.717) is 29.9 Å². The van der Waals surface area contributed by atoms with Gasteiger partial charge in [0.1, 0.15) is 18.2 Å². The standard InChI is InChI=1S/C22H22FN5O3/c1-27-13-21(30)28(22(27)31)10-4-7-20(29)24-15-8-9-17-18(12-15)26-19(25-17)11-14-5-2-3-6-16(14)23/h2-3,5-6,8-9,12H,4,7,10-11,13H2,1H3,(H,24,29)(H,25,26). The Morgan fingerprint density at radius 2 is 2.03 bits per heavy atom. The first-order valence-electron chi connectivity index (χ1n) is 9.98. The van der Waals surface area contributed by atoms with E-state index in [2.05, 4.69) is 15.3 Å². The molecule has 160 valence electrons. The number of hydrogen-bond acceptors (Lipinski definition) is 4. The number of carbonyl (C=O) groups is 3. The predicted octanol–water partition coefficient (Wildman–Crippen LogP) is 2.91. The number of hydrogen-bond donors (Lipinski definition) is 2. The van der Waals surface area contributed by atoms with Crippen LogP contribution in [0.2, 0.25) is 0 Å². The van der Waals surface area contributed by atoms with E-state index < -0.39 is 0 Å². The molecule has 4 rings (SSSR count). The van der Waals surface area contributed by atoms with Gasteiger partial charge in [-0.25, -0.2) is 14.2 Å². The van der Waals surface area contributed by atoms with Crippen LogP contribution in [0.5, 0.6) is 0 Å². The maximum Gasteiger partial charge on any atom is 0.326 e. The van der Waals surface area contributed by atoms with Crippen LogP contribution in [0.15, 0.2) is 42.5 Å². The summed E-state index contributed by atoms with van der Waals surface area (Å²) >= 11 is 0. The van der Waals surface area contributed by atoms with E-state index >= 15 is 0 Å². The van der Waals surface area contributed by atoms with Crippen LogP contribution < -0.4 is 5.32 Å². The molecular formula is C22H22FN5O3. The molecule has 2 heterocycles. The first-order valence-corrected chi connectivity index (χ1v) is 9.98. The van der Waals surface area contributed by atoms with Crippen LogP contribution in [0.4, 0.5) is 14.9 Å². The largest absolute Gasteiger partial charge is 0.342 e. The number of benzene rings is 2. The fourth-order valence-corrected chi connectivity index (χ4v) is 3.56. The lowest BCUT2D eigenvalue weighted by atomic mass is 10.1. The number of aromatic amines is 1. The molecule has 0 spiro atoms. The predicted molar refractivity (Wildman–Crippen MR) is 113 cm³/mol. The number of imide groups is 1. The molecule has 0 bridgehead atoms. The number of aromatic nitrogens is 2. The van der Waals surface area contributed by atoms with Crippen molar-refractivity contribution in [3.8, 4) is 0 Å². The Morgan fingerprint density at radius 3 is 2.77 bits per heavy atom. The second kappa shape index (κ2) is 8.55. The highest BCUT2D eigenvalue weighted by Crippen LogP contribution is 2.20. The number of carbonyl (C=O) groups excluding carboxylic acids is 3. The monoisotopic (exact) mass is 423 g/mol. The zero-order chi connectivity index (χ0) is 22.0. The van der Waals surface area contributed by atoms with Crippen LogP contribution in [-0.2, 0) is 16.0 Å². The van der Waals surface area contributed by atoms with Crippen LogP contribution in [-0.4, -0.2) is 57.8 Å². The van der Waals surface area contributed by atoms with Crippen molar-refractivity contribution in [2.75, 3.05) is 25.5 Å². The summed E-state index contributed by atoms with van der Waals surface area (Å²) in [6.45, 7) is 0.294. The molecule has 2 N–H and O–H groups in total. The van der Waals surface area contributed by atoms with Crippen molar-refractivity contribution in [1.29, 1.82) is 0 Å². The lowest BCUT2D eigenvalue weighted by Gasteiger charge is -2.13. The van der Waals surface area contributed by atoms with Gasteiger partial charge in [-0.3, -0.25) is 14.5 Å². The fourth-order valence-electron chi connectivity index (χ4n) is 3.56. The Balaban J connectivity index is 1.34. The zero-order valence-electron chi connectivity index (χ0n) is 17.0. The van der Waals surface area contributed by atoms with Crippen molar-refractivity contribution in [3.63, 3.8) is 0 Å². The Bertz CT molecular complexity index is 1160. The molecule has 1 fully saturated rings. The molecule has 1 aliphatic heterocycles. The molecule has 31 heavy (non-hydrogen) atoms. The van der Waals surface area contributed by atoms with Gasteiger partial charge in [-0.05, 0) is 36.2 Å². The Kier molecular flexibility index (Phi) is 5.66. The Hall–Kier alpha value is -3.75. The third kappa shape index (κ3) is 4.55. The van der Waals surface area contributed by atoms with Gasteiger partial charge in [0.05, 0.1) is 11.0 Å². The number of nitrogens with one attached hydrogen (secondary N) is 2. The minimum atomic E-state index is -0.332. The van der Waals surface area contributed by atoms with E-state index in [-0.39, 0.29) is 43.2 Å². The maximum absolute atomic E-state index is 13.9. The van der Waals surface area contributed by atoms with E-state index in [1.54, 1.807) is 43.4 Å². The molecule has 0 aliphatic carbocycles. The van der Waals surface area contributed by atoms with Crippen LogP contribution in [0, 0.1) is 5.82 Å². The molecule has 0 atom stereocenters. The van der Waals surface area contributed by atoms with Gasteiger partial charge >= 0.3 is 6.03 Å². The normalized spacial score (nSPS) is 14.0. The van der Waals surface area contributed by atoms with Crippen molar-refractivity contribution < 1.29 is 18.8 Å². The number of H-pyrrole nitrogens is 1. The third-order valence-electron chi connectivity index (χ3n) is 5.15. The lowest BCUT2D eigenvalue weighted by molar-refractivity contribution is -0.125. The van der Waals surface area contributed by atoms with Crippen LogP contribution in [0.3, 0.4) is 0 Å². The molecule has 2 aromatic carbocycles. The molecule has 1 aromatic heterocycles. The number of fused-ring (bicyclic) bond motifs is 1. The number of rotatable bonds is 7. The molecule has 3 aromatic rings. The zero-order valence-corrected chi connectivity index (χ0v) is 17.0. The Labute approximate surface area is 178 Å².